The Kier molecular flexibility index (Phi) is 22.6. The molecular formula is C34H59O6PS. The van der Waals surface area contributed by atoms with E-state index in [-0.39, 0.29) is 12.7 Å². The van der Waals surface area contributed by atoms with Crippen LogP contribution in [0.5, 0.6) is 0 Å². The lowest BCUT2D eigenvalue weighted by atomic mass is 9.89. The van der Waals surface area contributed by atoms with Gasteiger partial charge in [-0.1, -0.05) is 122 Å². The third-order valence-corrected chi connectivity index (χ3v) is 10.0. The quantitative estimate of drug-likeness (QED) is 0.0543. The Bertz CT molecular complexity index is 840. The molecule has 0 aliphatic heterocycles. The first kappa shape index (κ1) is 39.0. The summed E-state index contributed by atoms with van der Waals surface area (Å²) >= 11 is 1.23. The van der Waals surface area contributed by atoms with Gasteiger partial charge < -0.3 is 19.7 Å². The number of carbonyl (C=O) groups is 1. The van der Waals surface area contributed by atoms with Crippen LogP contribution in [0.1, 0.15) is 141 Å². The lowest BCUT2D eigenvalue weighted by Crippen LogP contribution is -2.45. The molecule has 0 aromatic heterocycles. The highest BCUT2D eigenvalue weighted by atomic mass is 32.2. The number of carboxylic acids is 1. The summed E-state index contributed by atoms with van der Waals surface area (Å²) < 4.78 is 23.7. The van der Waals surface area contributed by atoms with E-state index in [1.54, 1.807) is 0 Å². The van der Waals surface area contributed by atoms with E-state index in [4.69, 9.17) is 9.47 Å². The van der Waals surface area contributed by atoms with Crippen molar-refractivity contribution < 1.29 is 29.0 Å². The molecule has 8 heteroatoms. The number of aryl methyl sites for hydroxylation is 1. The summed E-state index contributed by atoms with van der Waals surface area (Å²) in [6, 6.07) is 8.74. The summed E-state index contributed by atoms with van der Waals surface area (Å²) in [6.45, 7) is 9.24. The molecule has 0 amide bonds. The fourth-order valence-corrected chi connectivity index (χ4v) is 6.85. The molecule has 0 aliphatic rings. The van der Waals surface area contributed by atoms with Gasteiger partial charge in [0.2, 0.25) is 8.46 Å². The number of thioether (sulfide) groups is 1. The first-order chi connectivity index (χ1) is 20.3. The monoisotopic (exact) mass is 626 g/mol. The van der Waals surface area contributed by atoms with Crippen molar-refractivity contribution in [1.29, 1.82) is 0 Å². The maximum atomic E-state index is 11.9. The molecule has 0 spiro atoms. The van der Waals surface area contributed by atoms with Crippen LogP contribution in [0.2, 0.25) is 0 Å². The van der Waals surface area contributed by atoms with Crippen molar-refractivity contribution in [2.24, 2.45) is 0 Å². The molecule has 4 unspecified atom stereocenters. The van der Waals surface area contributed by atoms with Gasteiger partial charge in [0, 0.05) is 6.61 Å². The average Bonchev–Trinajstić information content (AvgIpc) is 3.00. The number of hydrogen-bond acceptors (Lipinski definition) is 6. The molecule has 42 heavy (non-hydrogen) atoms. The molecule has 4 atom stereocenters. The topological polar surface area (TPSA) is 93.1 Å². The van der Waals surface area contributed by atoms with Crippen LogP contribution in [0.15, 0.2) is 24.3 Å². The maximum Gasteiger partial charge on any atom is 0.351 e. The van der Waals surface area contributed by atoms with E-state index in [1.807, 2.05) is 6.92 Å². The fraction of sp³-hybridized carbons (Fsp3) is 0.794. The van der Waals surface area contributed by atoms with E-state index in [2.05, 4.69) is 45.0 Å². The summed E-state index contributed by atoms with van der Waals surface area (Å²) in [5, 5.41) is 18.0. The van der Waals surface area contributed by atoms with Gasteiger partial charge in [-0.05, 0) is 55.4 Å². The van der Waals surface area contributed by atoms with E-state index in [0.29, 0.717) is 18.3 Å². The smallest absolute Gasteiger partial charge is 0.351 e. The molecule has 0 radical (unpaired) electrons. The maximum absolute atomic E-state index is 11.9. The van der Waals surface area contributed by atoms with E-state index in [0.717, 1.165) is 38.5 Å². The van der Waals surface area contributed by atoms with Crippen LogP contribution in [0.3, 0.4) is 0 Å². The Balaban J connectivity index is 2.68. The summed E-state index contributed by atoms with van der Waals surface area (Å²) in [5.41, 5.74) is 1.44. The van der Waals surface area contributed by atoms with Gasteiger partial charge in [0.05, 0.1) is 12.7 Å². The van der Waals surface area contributed by atoms with Crippen molar-refractivity contribution >= 4 is 26.2 Å². The van der Waals surface area contributed by atoms with Crippen LogP contribution in [0.4, 0.5) is 0 Å². The Morgan fingerprint density at radius 2 is 1.52 bits per heavy atom. The van der Waals surface area contributed by atoms with E-state index in [1.165, 1.54) is 87.1 Å². The molecule has 6 nitrogen and oxygen atoms in total. The highest BCUT2D eigenvalue weighted by Crippen LogP contribution is 2.36. The lowest BCUT2D eigenvalue weighted by Gasteiger charge is -2.28. The summed E-state index contributed by atoms with van der Waals surface area (Å²) in [7, 11) is -0.882. The number of aliphatic hydroxyl groups is 1. The predicted molar refractivity (Wildman–Crippen MR) is 177 cm³/mol. The van der Waals surface area contributed by atoms with Crippen molar-refractivity contribution in [1.82, 2.24) is 0 Å². The first-order valence-corrected chi connectivity index (χ1v) is 18.4. The zero-order valence-corrected chi connectivity index (χ0v) is 28.6. The lowest BCUT2D eigenvalue weighted by molar-refractivity contribution is -0.157. The van der Waals surface area contributed by atoms with Crippen LogP contribution in [-0.2, 0) is 25.3 Å². The minimum atomic E-state index is -2.51. The molecule has 0 aliphatic carbocycles. The molecule has 2 N–H and O–H groups in total. The van der Waals surface area contributed by atoms with Gasteiger partial charge in [-0.25, -0.2) is 4.79 Å². The molecular weight excluding hydrogens is 567 g/mol. The first-order valence-electron chi connectivity index (χ1n) is 16.6. The van der Waals surface area contributed by atoms with Gasteiger partial charge in [0.25, 0.3) is 5.34 Å². The average molecular weight is 627 g/mol. The van der Waals surface area contributed by atoms with Crippen molar-refractivity contribution in [3.63, 3.8) is 0 Å². The predicted octanol–water partition coefficient (Wildman–Crippen LogP) is 9.77. The molecule has 0 bridgehead atoms. The second kappa shape index (κ2) is 24.4. The molecule has 0 heterocycles. The van der Waals surface area contributed by atoms with Gasteiger partial charge in [-0.3, -0.25) is 4.57 Å². The number of aliphatic carboxylic acids is 1. The third-order valence-electron chi connectivity index (χ3n) is 7.89. The molecule has 1 aromatic carbocycles. The number of rotatable bonds is 28. The van der Waals surface area contributed by atoms with Crippen molar-refractivity contribution in [2.75, 3.05) is 19.0 Å². The van der Waals surface area contributed by atoms with E-state index < -0.39 is 25.2 Å². The van der Waals surface area contributed by atoms with Crippen LogP contribution < -0.4 is 0 Å². The normalized spacial score (nSPS) is 15.4. The van der Waals surface area contributed by atoms with Gasteiger partial charge in [0.15, 0.2) is 5.44 Å². The fourth-order valence-electron chi connectivity index (χ4n) is 5.11. The van der Waals surface area contributed by atoms with Gasteiger partial charge >= 0.3 is 5.97 Å². The van der Waals surface area contributed by atoms with Crippen molar-refractivity contribution in [3.8, 4) is 0 Å². The Labute approximate surface area is 262 Å². The molecule has 0 saturated heterocycles. The van der Waals surface area contributed by atoms with E-state index >= 15 is 0 Å². The number of unbranched alkanes of at least 4 members (excludes halogenated alkanes) is 11. The van der Waals surface area contributed by atoms with Gasteiger partial charge in [-0.2, -0.15) is 0 Å². The Morgan fingerprint density at radius 3 is 2.12 bits per heavy atom. The molecule has 0 fully saturated rings. The van der Waals surface area contributed by atoms with Crippen LogP contribution >= 0.6 is 20.2 Å². The minimum Gasteiger partial charge on any atom is -0.478 e. The number of carboxylic acid groups (broad SMARTS) is 1. The second-order valence-corrected chi connectivity index (χ2v) is 13.6. The third kappa shape index (κ3) is 16.2. The highest BCUT2D eigenvalue weighted by molar-refractivity contribution is 8.00. The zero-order chi connectivity index (χ0) is 31.1. The molecule has 1 rings (SSSR count). The zero-order valence-electron chi connectivity index (χ0n) is 26.9. The van der Waals surface area contributed by atoms with Crippen molar-refractivity contribution in [3.05, 3.63) is 35.4 Å². The Hall–Kier alpha value is -0.980. The van der Waals surface area contributed by atoms with Gasteiger partial charge in [-0.15, -0.1) is 11.8 Å². The van der Waals surface area contributed by atoms with Crippen LogP contribution in [-0.4, -0.2) is 52.0 Å². The molecule has 1 aromatic rings. The minimum absolute atomic E-state index is 0.124. The molecule has 0 saturated carbocycles. The number of benzene rings is 1. The molecule has 242 valence electrons. The van der Waals surface area contributed by atoms with E-state index in [9.17, 15) is 19.6 Å². The number of hydrogen-bond donors (Lipinski definition) is 2. The van der Waals surface area contributed by atoms with Crippen LogP contribution in [0.25, 0.3) is 0 Å². The van der Waals surface area contributed by atoms with Crippen molar-refractivity contribution in [2.45, 2.75) is 153 Å². The summed E-state index contributed by atoms with van der Waals surface area (Å²) in [4.78, 5) is 11.9. The summed E-state index contributed by atoms with van der Waals surface area (Å²) in [6.07, 6.45) is 18.5. The Morgan fingerprint density at radius 1 is 0.905 bits per heavy atom. The second-order valence-electron chi connectivity index (χ2n) is 11.6. The summed E-state index contributed by atoms with van der Waals surface area (Å²) in [5.74, 6) is -0.630. The highest BCUT2D eigenvalue weighted by Gasteiger charge is 2.47. The SMILES string of the molecule is CCCCCCCCCCOC(C)COC(SCCC(CCCCCCC)c1cccc(CC)c1)C(O)(P=O)C(=O)O. The standard InChI is InChI=1S/C34H59O6PS/c1-5-8-10-12-13-14-16-18-24-39-28(4)27-40-33(34(37,41-38)32(35)36)42-25-23-30(21-17-15-11-9-6-2)31-22-19-20-29(7-3)26-31/h19-20,22,26,28,30,33,37H,5-18,21,23-25,27H2,1-4H3,(H,35,36). The van der Waals surface area contributed by atoms with Gasteiger partial charge in [0.1, 0.15) is 0 Å². The number of ether oxygens (including phenoxy) is 2. The largest absolute Gasteiger partial charge is 0.478 e. The van der Waals surface area contributed by atoms with Crippen LogP contribution in [0, 0.1) is 0 Å².